The summed E-state index contributed by atoms with van der Waals surface area (Å²) in [6.07, 6.45) is 0. The lowest BCUT2D eigenvalue weighted by molar-refractivity contribution is 0.626. The Morgan fingerprint density at radius 3 is 3.22 bits per heavy atom. The molecular formula is C7H6BrF. The molecule has 48 valence electrons. The number of halogens is 2. The lowest BCUT2D eigenvalue weighted by atomic mass is 10.2. The van der Waals surface area contributed by atoms with Gasteiger partial charge in [0.1, 0.15) is 5.82 Å². The maximum atomic E-state index is 13.2. The second-order valence-corrected chi connectivity index (χ2v) is 2.17. The van der Waals surface area contributed by atoms with Gasteiger partial charge in [-0.15, -0.1) is 0 Å². The summed E-state index contributed by atoms with van der Waals surface area (Å²) in [4.78, 5) is 0. The van der Waals surface area contributed by atoms with Gasteiger partial charge in [-0.3, -0.25) is 0 Å². The zero-order valence-electron chi connectivity index (χ0n) is 10.3. The number of rotatable bonds is 0. The van der Waals surface area contributed by atoms with E-state index in [-0.39, 0.29) is 4.47 Å². The van der Waals surface area contributed by atoms with Gasteiger partial charge in [0.05, 0.1) is 4.11 Å². The van der Waals surface area contributed by atoms with Crippen LogP contribution in [0.1, 0.15) is 13.8 Å². The third-order valence-corrected chi connectivity index (χ3v) is 1.33. The van der Waals surface area contributed by atoms with Crippen molar-refractivity contribution >= 4 is 15.9 Å². The summed E-state index contributed by atoms with van der Waals surface area (Å²) in [5.41, 5.74) is -0.569. The van der Waals surface area contributed by atoms with Crippen LogP contribution in [0.25, 0.3) is 0 Å². The Morgan fingerprint density at radius 2 is 2.56 bits per heavy atom. The van der Waals surface area contributed by atoms with E-state index in [9.17, 15) is 4.39 Å². The maximum absolute atomic E-state index is 13.2. The van der Waals surface area contributed by atoms with Crippen LogP contribution in [0.5, 0.6) is 0 Å². The number of hydrogen-bond donors (Lipinski definition) is 0. The molecule has 0 spiro atoms. The minimum atomic E-state index is -2.68. The molecule has 0 aromatic heterocycles. The van der Waals surface area contributed by atoms with Gasteiger partial charge in [-0.1, -0.05) is 15.9 Å². The van der Waals surface area contributed by atoms with Gasteiger partial charge in [0, 0.05) is 8.58 Å². The average Bonchev–Trinajstić information content (AvgIpc) is 2.09. The molecule has 0 fully saturated rings. The smallest absolute Gasteiger partial charge is 0.123 e. The fraction of sp³-hybridized carbons (Fsp3) is 0.143. The molecule has 0 bridgehead atoms. The normalized spacial score (nSPS) is 20.7. The summed E-state index contributed by atoms with van der Waals surface area (Å²) >= 11 is 2.80. The van der Waals surface area contributed by atoms with Crippen molar-refractivity contribution in [1.29, 1.82) is 0 Å². The minimum Gasteiger partial charge on any atom is -0.207 e. The molecule has 2 heteroatoms. The molecule has 0 heterocycles. The molecule has 9 heavy (non-hydrogen) atoms. The second-order valence-electron chi connectivity index (χ2n) is 1.38. The van der Waals surface area contributed by atoms with E-state index in [0.29, 0.717) is 0 Å². The molecule has 1 rings (SSSR count). The van der Waals surface area contributed by atoms with Crippen LogP contribution < -0.4 is 0 Å². The molecule has 0 saturated heterocycles. The SMILES string of the molecule is [2H]c1c([2H])c(Br)c(C([2H])([2H])[2H])c([2H])c1F. The van der Waals surface area contributed by atoms with Crippen molar-refractivity contribution in [2.75, 3.05) is 0 Å². The zero-order chi connectivity index (χ0) is 12.0. The maximum Gasteiger partial charge on any atom is 0.123 e. The van der Waals surface area contributed by atoms with E-state index in [0.717, 1.165) is 0 Å². The molecule has 0 aliphatic heterocycles. The van der Waals surface area contributed by atoms with E-state index < -0.39 is 36.4 Å². The molecule has 0 radical (unpaired) electrons. The molecule has 0 aliphatic carbocycles. The van der Waals surface area contributed by atoms with Gasteiger partial charge in [0.15, 0.2) is 0 Å². The lowest BCUT2D eigenvalue weighted by Gasteiger charge is -1.94. The van der Waals surface area contributed by atoms with Crippen molar-refractivity contribution in [2.24, 2.45) is 0 Å². The van der Waals surface area contributed by atoms with Crippen LogP contribution in [-0.4, -0.2) is 0 Å². The third-order valence-electron chi connectivity index (χ3n) is 0.736. The molecule has 1 aromatic rings. The molecule has 0 aliphatic rings. The van der Waals surface area contributed by atoms with Gasteiger partial charge >= 0.3 is 0 Å². The van der Waals surface area contributed by atoms with Crippen LogP contribution in [0.2, 0.25) is 0 Å². The van der Waals surface area contributed by atoms with Gasteiger partial charge < -0.3 is 0 Å². The largest absolute Gasteiger partial charge is 0.207 e. The first-order valence-corrected chi connectivity index (χ1v) is 2.92. The van der Waals surface area contributed by atoms with Crippen molar-refractivity contribution in [1.82, 2.24) is 0 Å². The first kappa shape index (κ1) is 2.35. The highest BCUT2D eigenvalue weighted by Gasteiger charge is 1.93. The van der Waals surface area contributed by atoms with Gasteiger partial charge in [-0.05, 0) is 30.5 Å². The van der Waals surface area contributed by atoms with Crippen LogP contribution in [0.3, 0.4) is 0 Å². The highest BCUT2D eigenvalue weighted by Crippen LogP contribution is 2.15. The minimum absolute atomic E-state index is 0.223. The van der Waals surface area contributed by atoms with E-state index in [4.69, 9.17) is 8.22 Å². The van der Waals surface area contributed by atoms with E-state index in [1.54, 1.807) is 0 Å². The summed E-state index contributed by atoms with van der Waals surface area (Å²) in [6, 6.07) is -2.20. The third kappa shape index (κ3) is 1.52. The Bertz CT molecular complexity index is 384. The van der Waals surface area contributed by atoms with Crippen molar-refractivity contribution in [3.05, 3.63) is 34.0 Å². The molecule has 1 aromatic carbocycles. The van der Waals surface area contributed by atoms with Crippen LogP contribution >= 0.6 is 15.9 Å². The van der Waals surface area contributed by atoms with Crippen LogP contribution in [0.4, 0.5) is 4.39 Å². The predicted molar refractivity (Wildman–Crippen MR) is 38.8 cm³/mol. The predicted octanol–water partition coefficient (Wildman–Crippen LogP) is 2.90. The van der Waals surface area contributed by atoms with Crippen LogP contribution in [-0.2, 0) is 0 Å². The van der Waals surface area contributed by atoms with Gasteiger partial charge in [-0.25, -0.2) is 4.39 Å². The Morgan fingerprint density at radius 1 is 1.78 bits per heavy atom. The Labute approximate surface area is 70.3 Å². The van der Waals surface area contributed by atoms with Crippen molar-refractivity contribution < 1.29 is 12.6 Å². The summed E-state index contributed by atoms with van der Waals surface area (Å²) in [5.74, 6) is -1.28. The van der Waals surface area contributed by atoms with Crippen molar-refractivity contribution in [3.8, 4) is 0 Å². The molecule has 0 atom stereocenters. The highest BCUT2D eigenvalue weighted by molar-refractivity contribution is 9.10. The van der Waals surface area contributed by atoms with Crippen molar-refractivity contribution in [2.45, 2.75) is 6.85 Å². The van der Waals surface area contributed by atoms with Gasteiger partial charge in [0.2, 0.25) is 0 Å². The standard InChI is InChI=1S/C7H6BrF/c1-5-4-6(9)2-3-7(5)8/h2-4H,1H3/i1D3,2D,3D,4D. The fourth-order valence-corrected chi connectivity index (χ4v) is 0.566. The zero-order valence-corrected chi connectivity index (χ0v) is 5.84. The number of benzene rings is 1. The molecular weight excluding hydrogens is 183 g/mol. The molecule has 0 saturated carbocycles. The van der Waals surface area contributed by atoms with E-state index in [1.165, 1.54) is 0 Å². The van der Waals surface area contributed by atoms with E-state index in [2.05, 4.69) is 15.9 Å². The second kappa shape index (κ2) is 2.48. The average molecular weight is 195 g/mol. The lowest BCUT2D eigenvalue weighted by Crippen LogP contribution is -1.76. The quantitative estimate of drug-likeness (QED) is 0.597. The molecule has 0 amide bonds. The topological polar surface area (TPSA) is 0 Å². The molecule has 0 N–H and O–H groups in total. The first-order chi connectivity index (χ1) is 6.68. The monoisotopic (exact) mass is 194 g/mol. The van der Waals surface area contributed by atoms with Crippen LogP contribution in [0, 0.1) is 12.7 Å². The van der Waals surface area contributed by atoms with Gasteiger partial charge in [0.25, 0.3) is 0 Å². The number of hydrogen-bond acceptors (Lipinski definition) is 0. The Hall–Kier alpha value is -0.370. The Balaban J connectivity index is 3.68. The highest BCUT2D eigenvalue weighted by atomic mass is 79.9. The summed E-state index contributed by atoms with van der Waals surface area (Å²) in [7, 11) is 0. The van der Waals surface area contributed by atoms with Crippen LogP contribution in [0.15, 0.2) is 22.6 Å². The summed E-state index contributed by atoms with van der Waals surface area (Å²) in [5, 5.41) is 0. The molecule has 0 unspecified atom stereocenters. The summed E-state index contributed by atoms with van der Waals surface area (Å²) < 4.78 is 55.9. The molecule has 0 nitrogen and oxygen atoms in total. The fourth-order valence-electron chi connectivity index (χ4n) is 0.368. The first-order valence-electron chi connectivity index (χ1n) is 5.13. The van der Waals surface area contributed by atoms with Gasteiger partial charge in [-0.2, -0.15) is 0 Å². The van der Waals surface area contributed by atoms with Crippen molar-refractivity contribution in [3.63, 3.8) is 0 Å². The summed E-state index contributed by atoms with van der Waals surface area (Å²) in [6.45, 7) is -2.68. The van der Waals surface area contributed by atoms with E-state index >= 15 is 0 Å². The van der Waals surface area contributed by atoms with E-state index in [1.807, 2.05) is 0 Å². The Kier molecular flexibility index (Phi) is 0.647.